The van der Waals surface area contributed by atoms with Crippen LogP contribution in [-0.4, -0.2) is 11.1 Å². The first-order chi connectivity index (χ1) is 16.0. The number of nitrogens with zero attached hydrogens (tertiary/aromatic N) is 1. The van der Waals surface area contributed by atoms with Crippen LogP contribution in [0.3, 0.4) is 0 Å². The number of carboxylic acid groups (broad SMARTS) is 1. The third-order valence-corrected chi connectivity index (χ3v) is 6.32. The Kier molecular flexibility index (Phi) is 6.93. The second-order valence-corrected chi connectivity index (χ2v) is 9.00. The minimum Gasteiger partial charge on any atom is -0.487 e. The van der Waals surface area contributed by atoms with Crippen LogP contribution >= 0.6 is 31.9 Å². The highest BCUT2D eigenvalue weighted by atomic mass is 79.9. The molecule has 0 radical (unpaired) electrons. The van der Waals surface area contributed by atoms with Gasteiger partial charge in [0.05, 0.1) is 26.2 Å². The van der Waals surface area contributed by atoms with Crippen LogP contribution in [0.1, 0.15) is 27.0 Å². The molecule has 4 aromatic rings. The molecule has 0 unspecified atom stereocenters. The summed E-state index contributed by atoms with van der Waals surface area (Å²) in [6, 6.07) is 26.5. The van der Waals surface area contributed by atoms with Crippen molar-refractivity contribution in [1.29, 1.82) is 5.26 Å². The Bertz CT molecular complexity index is 1390. The van der Waals surface area contributed by atoms with Crippen LogP contribution in [0.5, 0.6) is 5.75 Å². The summed E-state index contributed by atoms with van der Waals surface area (Å²) in [5.74, 6) is -0.333. The zero-order valence-corrected chi connectivity index (χ0v) is 20.4. The van der Waals surface area contributed by atoms with Gasteiger partial charge in [0.2, 0.25) is 0 Å². The Hall–Kier alpha value is -3.40. The zero-order chi connectivity index (χ0) is 23.4. The molecular weight excluding hydrogens is 546 g/mol. The van der Waals surface area contributed by atoms with Crippen LogP contribution in [0.25, 0.3) is 22.4 Å². The van der Waals surface area contributed by atoms with E-state index in [1.807, 2.05) is 30.3 Å². The van der Waals surface area contributed by atoms with E-state index in [1.54, 1.807) is 18.2 Å². The number of carboxylic acids is 1. The quantitative estimate of drug-likeness (QED) is 0.193. The lowest BCUT2D eigenvalue weighted by Crippen LogP contribution is -1.98. The Morgan fingerprint density at radius 3 is 2.24 bits per heavy atom. The number of carbonyl (C=O) groups is 1. The number of aromatic carboxylic acids is 1. The number of rotatable bonds is 6. The van der Waals surface area contributed by atoms with Crippen molar-refractivity contribution < 1.29 is 14.6 Å². The molecular formula is C27H17Br2NO3. The fourth-order valence-corrected chi connectivity index (χ4v) is 4.96. The number of ether oxygens (including phenoxy) is 1. The van der Waals surface area contributed by atoms with Gasteiger partial charge in [0, 0.05) is 0 Å². The van der Waals surface area contributed by atoms with Gasteiger partial charge in [0.1, 0.15) is 12.4 Å². The molecule has 0 aliphatic heterocycles. The van der Waals surface area contributed by atoms with Gasteiger partial charge in [-0.25, -0.2) is 4.79 Å². The van der Waals surface area contributed by atoms with E-state index in [0.29, 0.717) is 23.5 Å². The van der Waals surface area contributed by atoms with Gasteiger partial charge in [-0.15, -0.1) is 0 Å². The van der Waals surface area contributed by atoms with Crippen molar-refractivity contribution in [3.05, 3.63) is 110 Å². The number of allylic oxidation sites excluding steroid dienone is 1. The zero-order valence-electron chi connectivity index (χ0n) is 17.3. The summed E-state index contributed by atoms with van der Waals surface area (Å²) in [7, 11) is 0. The topological polar surface area (TPSA) is 70.3 Å². The minimum absolute atomic E-state index is 0.175. The SMILES string of the molecule is N#C/C(=C/c1cc(Br)c(OCc2cccc3ccccc23)c(Br)c1)c1ccc(C(=O)O)cc1. The van der Waals surface area contributed by atoms with E-state index in [4.69, 9.17) is 9.84 Å². The van der Waals surface area contributed by atoms with Gasteiger partial charge >= 0.3 is 5.97 Å². The number of hydrogen-bond donors (Lipinski definition) is 1. The van der Waals surface area contributed by atoms with E-state index in [-0.39, 0.29) is 5.56 Å². The Balaban J connectivity index is 1.58. The number of fused-ring (bicyclic) bond motifs is 1. The summed E-state index contributed by atoms with van der Waals surface area (Å²) in [6.07, 6.45) is 1.75. The second kappa shape index (κ2) is 10.0. The molecule has 0 amide bonds. The maximum atomic E-state index is 11.1. The molecule has 4 nitrogen and oxygen atoms in total. The molecule has 6 heteroatoms. The van der Waals surface area contributed by atoms with Gasteiger partial charge in [-0.3, -0.25) is 0 Å². The normalized spacial score (nSPS) is 11.2. The Morgan fingerprint density at radius 1 is 0.939 bits per heavy atom. The lowest BCUT2D eigenvalue weighted by molar-refractivity contribution is 0.0697. The monoisotopic (exact) mass is 561 g/mol. The Labute approximate surface area is 208 Å². The average molecular weight is 563 g/mol. The third-order valence-electron chi connectivity index (χ3n) is 5.15. The summed E-state index contributed by atoms with van der Waals surface area (Å²) >= 11 is 7.16. The van der Waals surface area contributed by atoms with Crippen LogP contribution in [-0.2, 0) is 6.61 Å². The maximum Gasteiger partial charge on any atom is 0.335 e. The molecule has 0 spiro atoms. The number of halogens is 2. The van der Waals surface area contributed by atoms with Crippen molar-refractivity contribution in [2.75, 3.05) is 0 Å². The fraction of sp³-hybridized carbons (Fsp3) is 0.0370. The van der Waals surface area contributed by atoms with Crippen LogP contribution < -0.4 is 4.74 Å². The summed E-state index contributed by atoms with van der Waals surface area (Å²) in [5.41, 5.74) is 3.13. The molecule has 4 rings (SSSR count). The molecule has 0 fully saturated rings. The molecule has 0 aliphatic rings. The highest BCUT2D eigenvalue weighted by molar-refractivity contribution is 9.11. The fourth-order valence-electron chi connectivity index (χ4n) is 3.51. The van der Waals surface area contributed by atoms with E-state index < -0.39 is 5.97 Å². The summed E-state index contributed by atoms with van der Waals surface area (Å²) in [5, 5.41) is 21.0. The van der Waals surface area contributed by atoms with Gasteiger partial charge in [0.25, 0.3) is 0 Å². The minimum atomic E-state index is -1.00. The summed E-state index contributed by atoms with van der Waals surface area (Å²) in [6.45, 7) is 0.410. The predicted octanol–water partition coefficient (Wildman–Crippen LogP) is 7.71. The number of hydrogen-bond acceptors (Lipinski definition) is 3. The molecule has 1 N–H and O–H groups in total. The molecule has 0 atom stereocenters. The van der Waals surface area contributed by atoms with Crippen molar-refractivity contribution in [3.8, 4) is 11.8 Å². The molecule has 0 saturated carbocycles. The molecule has 0 bridgehead atoms. The van der Waals surface area contributed by atoms with Crippen molar-refractivity contribution in [2.24, 2.45) is 0 Å². The van der Waals surface area contributed by atoms with Crippen molar-refractivity contribution >= 4 is 60.3 Å². The van der Waals surface area contributed by atoms with Gasteiger partial charge in [-0.1, -0.05) is 54.6 Å². The van der Waals surface area contributed by atoms with Crippen LogP contribution in [0.15, 0.2) is 87.8 Å². The maximum absolute atomic E-state index is 11.1. The van der Waals surface area contributed by atoms with Gasteiger partial charge in [-0.2, -0.15) is 5.26 Å². The largest absolute Gasteiger partial charge is 0.487 e. The van der Waals surface area contributed by atoms with Crippen LogP contribution in [0.4, 0.5) is 0 Å². The molecule has 162 valence electrons. The van der Waals surface area contributed by atoms with E-state index >= 15 is 0 Å². The summed E-state index contributed by atoms with van der Waals surface area (Å²) in [4.78, 5) is 11.1. The van der Waals surface area contributed by atoms with Crippen molar-refractivity contribution in [2.45, 2.75) is 6.61 Å². The highest BCUT2D eigenvalue weighted by Crippen LogP contribution is 2.36. The van der Waals surface area contributed by atoms with Crippen molar-refractivity contribution in [1.82, 2.24) is 0 Å². The molecule has 0 aromatic heterocycles. The van der Waals surface area contributed by atoms with E-state index in [1.165, 1.54) is 12.1 Å². The van der Waals surface area contributed by atoms with Crippen LogP contribution in [0, 0.1) is 11.3 Å². The first-order valence-electron chi connectivity index (χ1n) is 10.0. The average Bonchev–Trinajstić information content (AvgIpc) is 2.82. The predicted molar refractivity (Wildman–Crippen MR) is 137 cm³/mol. The molecule has 33 heavy (non-hydrogen) atoms. The van der Waals surface area contributed by atoms with E-state index in [0.717, 1.165) is 30.8 Å². The van der Waals surface area contributed by atoms with Gasteiger partial charge < -0.3 is 9.84 Å². The van der Waals surface area contributed by atoms with E-state index in [2.05, 4.69) is 62.2 Å². The lowest BCUT2D eigenvalue weighted by atomic mass is 10.0. The van der Waals surface area contributed by atoms with Crippen molar-refractivity contribution in [3.63, 3.8) is 0 Å². The number of nitriles is 1. The van der Waals surface area contributed by atoms with Gasteiger partial charge in [0.15, 0.2) is 0 Å². The lowest BCUT2D eigenvalue weighted by Gasteiger charge is -2.13. The van der Waals surface area contributed by atoms with Gasteiger partial charge in [-0.05, 0) is 89.7 Å². The first kappa shape index (κ1) is 22.8. The highest BCUT2D eigenvalue weighted by Gasteiger charge is 2.11. The molecule has 4 aromatic carbocycles. The first-order valence-corrected chi connectivity index (χ1v) is 11.6. The summed E-state index contributed by atoms with van der Waals surface area (Å²) < 4.78 is 7.64. The number of benzene rings is 4. The molecule has 0 aliphatic carbocycles. The molecule has 0 heterocycles. The Morgan fingerprint density at radius 2 is 1.58 bits per heavy atom. The van der Waals surface area contributed by atoms with Crippen LogP contribution in [0.2, 0.25) is 0 Å². The molecule has 0 saturated heterocycles. The smallest absolute Gasteiger partial charge is 0.335 e. The standard InChI is InChI=1S/C27H17Br2NO3/c28-24-13-17(12-22(15-30)18-8-10-20(11-9-18)27(31)32)14-25(29)26(24)33-16-21-6-3-5-19-4-1-2-7-23(19)21/h1-14H,16H2,(H,31,32)/b22-12-. The third kappa shape index (κ3) is 5.16. The van der Waals surface area contributed by atoms with E-state index in [9.17, 15) is 10.1 Å². The second-order valence-electron chi connectivity index (χ2n) is 7.29.